The van der Waals surface area contributed by atoms with Crippen LogP contribution in [0.15, 0.2) is 40.2 Å². The zero-order valence-corrected chi connectivity index (χ0v) is 25.9. The highest BCUT2D eigenvalue weighted by Gasteiger charge is 2.75. The SMILES string of the molecule is CC1(C)C(=O)C(C#N)=C[C@]2(C)C3=CC(=O)[C@]4(O)[C@@H]5C[C@@](C)(NC(=O)c6ccon6)CC[C@]5(C)CC[C@@]4(C)[C@]3(C)CC[C@@H]12. The Labute approximate surface area is 248 Å². The van der Waals surface area contributed by atoms with E-state index in [-0.39, 0.29) is 46.0 Å². The van der Waals surface area contributed by atoms with Crippen LogP contribution >= 0.6 is 0 Å². The van der Waals surface area contributed by atoms with Crippen LogP contribution < -0.4 is 5.32 Å². The molecule has 5 aliphatic carbocycles. The minimum absolute atomic E-state index is 0.0601. The van der Waals surface area contributed by atoms with Crippen molar-refractivity contribution in [3.63, 3.8) is 0 Å². The number of aliphatic hydroxyl groups is 1. The van der Waals surface area contributed by atoms with Crippen molar-refractivity contribution in [2.24, 2.45) is 38.9 Å². The second kappa shape index (κ2) is 8.53. The van der Waals surface area contributed by atoms with Gasteiger partial charge in [-0.2, -0.15) is 5.26 Å². The third kappa shape index (κ3) is 3.38. The van der Waals surface area contributed by atoms with Crippen molar-refractivity contribution >= 4 is 17.5 Å². The van der Waals surface area contributed by atoms with Gasteiger partial charge in [-0.1, -0.05) is 52.8 Å². The summed E-state index contributed by atoms with van der Waals surface area (Å²) in [5.74, 6) is -1.18. The maximum Gasteiger partial charge on any atom is 0.273 e. The predicted molar refractivity (Wildman–Crippen MR) is 155 cm³/mol. The molecule has 2 N–H and O–H groups in total. The highest BCUT2D eigenvalue weighted by molar-refractivity contribution is 6.05. The fraction of sp³-hybridized carbons (Fsp3) is 0.676. The molecule has 8 nitrogen and oxygen atoms in total. The largest absolute Gasteiger partial charge is 0.381 e. The number of Topliss-reactive ketones (excluding diaryl/α,β-unsaturated/α-hetero) is 1. The van der Waals surface area contributed by atoms with Crippen molar-refractivity contribution in [3.05, 3.63) is 41.3 Å². The molecule has 8 heteroatoms. The molecule has 0 spiro atoms. The van der Waals surface area contributed by atoms with Gasteiger partial charge in [0.2, 0.25) is 0 Å². The number of allylic oxidation sites excluding steroid dienone is 3. The minimum Gasteiger partial charge on any atom is -0.381 e. The Balaban J connectivity index is 1.46. The van der Waals surface area contributed by atoms with E-state index in [4.69, 9.17) is 4.52 Å². The van der Waals surface area contributed by atoms with Crippen LogP contribution in [0.2, 0.25) is 0 Å². The molecule has 1 heterocycles. The number of fused-ring (bicyclic) bond motifs is 7. The molecule has 0 bridgehead atoms. The molecule has 6 rings (SSSR count). The third-order valence-corrected chi connectivity index (χ3v) is 13.3. The first-order valence-electron chi connectivity index (χ1n) is 15.3. The first-order valence-corrected chi connectivity index (χ1v) is 15.3. The molecular formula is C34H43N3O5. The highest BCUT2D eigenvalue weighted by atomic mass is 16.5. The van der Waals surface area contributed by atoms with Crippen LogP contribution in [-0.4, -0.2) is 38.9 Å². The number of hydrogen-bond donors (Lipinski definition) is 2. The summed E-state index contributed by atoms with van der Waals surface area (Å²) < 4.78 is 4.87. The van der Waals surface area contributed by atoms with E-state index in [1.807, 2.05) is 26.8 Å². The van der Waals surface area contributed by atoms with Crippen LogP contribution in [0.25, 0.3) is 0 Å². The number of aromatic nitrogens is 1. The highest BCUT2D eigenvalue weighted by Crippen LogP contribution is 2.75. The molecule has 0 radical (unpaired) electrons. The van der Waals surface area contributed by atoms with Crippen LogP contribution in [0.3, 0.4) is 0 Å². The van der Waals surface area contributed by atoms with Gasteiger partial charge in [0.1, 0.15) is 17.9 Å². The number of amides is 1. The Kier molecular flexibility index (Phi) is 5.90. The molecule has 1 aromatic heterocycles. The summed E-state index contributed by atoms with van der Waals surface area (Å²) in [5.41, 5.74) is -3.96. The first kappa shape index (κ1) is 29.0. The monoisotopic (exact) mass is 573 g/mol. The standard InChI is InChI=1S/C34H43N3O5/c1-28(2)22-8-10-32(6)23(31(22,5)17-20(19-35)26(28)39)16-25(38)34(41)24-18-30(4,36-27(40)21-9-15-42-37-21)13-11-29(24,3)12-14-33(32,34)7/h9,15-17,22,24,41H,8,10-14,18H2,1-7H3,(H,36,40)/t22-,24+,29+,30-,31-,32+,33-,34+/m0/s1. The molecule has 224 valence electrons. The number of ketones is 2. The van der Waals surface area contributed by atoms with Crippen molar-refractivity contribution in [2.45, 2.75) is 105 Å². The van der Waals surface area contributed by atoms with Crippen molar-refractivity contribution in [2.75, 3.05) is 0 Å². The second-order valence-electron chi connectivity index (χ2n) is 15.8. The summed E-state index contributed by atoms with van der Waals surface area (Å²) in [6.07, 6.45) is 9.89. The Morgan fingerprint density at radius 2 is 1.74 bits per heavy atom. The number of nitrogens with zero attached hydrogens (tertiary/aromatic N) is 2. The van der Waals surface area contributed by atoms with Crippen molar-refractivity contribution < 1.29 is 24.0 Å². The Morgan fingerprint density at radius 1 is 1.05 bits per heavy atom. The number of carbonyl (C=O) groups excluding carboxylic acids is 3. The quantitative estimate of drug-likeness (QED) is 0.478. The van der Waals surface area contributed by atoms with Gasteiger partial charge in [0.15, 0.2) is 17.3 Å². The van der Waals surface area contributed by atoms with E-state index in [1.165, 1.54) is 12.3 Å². The molecule has 1 amide bonds. The lowest BCUT2D eigenvalue weighted by molar-refractivity contribution is -0.240. The molecule has 42 heavy (non-hydrogen) atoms. The third-order valence-electron chi connectivity index (χ3n) is 13.3. The minimum atomic E-state index is -1.64. The molecule has 0 unspecified atom stereocenters. The van der Waals surface area contributed by atoms with Gasteiger partial charge in [-0.3, -0.25) is 14.4 Å². The maximum atomic E-state index is 14.6. The van der Waals surface area contributed by atoms with E-state index >= 15 is 0 Å². The van der Waals surface area contributed by atoms with Gasteiger partial charge in [-0.15, -0.1) is 0 Å². The van der Waals surface area contributed by atoms with Gasteiger partial charge in [0, 0.05) is 33.8 Å². The van der Waals surface area contributed by atoms with Gasteiger partial charge in [0.05, 0.1) is 5.57 Å². The molecule has 0 saturated heterocycles. The smallest absolute Gasteiger partial charge is 0.273 e. The lowest BCUT2D eigenvalue weighted by Crippen LogP contribution is -2.74. The molecule has 5 aliphatic rings. The van der Waals surface area contributed by atoms with Gasteiger partial charge in [-0.25, -0.2) is 0 Å². The lowest BCUT2D eigenvalue weighted by Gasteiger charge is -2.71. The average molecular weight is 574 g/mol. The number of carbonyl (C=O) groups is 3. The molecule has 8 atom stereocenters. The molecule has 3 fully saturated rings. The van der Waals surface area contributed by atoms with E-state index in [0.29, 0.717) is 12.8 Å². The van der Waals surface area contributed by atoms with Crippen LogP contribution in [0.5, 0.6) is 0 Å². The molecular weight excluding hydrogens is 530 g/mol. The van der Waals surface area contributed by atoms with E-state index < -0.39 is 32.8 Å². The topological polar surface area (TPSA) is 133 Å². The van der Waals surface area contributed by atoms with Crippen LogP contribution in [0.4, 0.5) is 0 Å². The lowest BCUT2D eigenvalue weighted by atomic mass is 9.33. The average Bonchev–Trinajstić information content (AvgIpc) is 3.47. The van der Waals surface area contributed by atoms with E-state index in [0.717, 1.165) is 37.7 Å². The van der Waals surface area contributed by atoms with Gasteiger partial charge >= 0.3 is 0 Å². The summed E-state index contributed by atoms with van der Waals surface area (Å²) in [6.45, 7) is 14.4. The maximum absolute atomic E-state index is 14.6. The van der Waals surface area contributed by atoms with E-state index in [2.05, 4.69) is 44.2 Å². The fourth-order valence-electron chi connectivity index (χ4n) is 10.5. The summed E-state index contributed by atoms with van der Waals surface area (Å²) in [4.78, 5) is 40.9. The zero-order chi connectivity index (χ0) is 30.7. The van der Waals surface area contributed by atoms with E-state index in [1.54, 1.807) is 6.08 Å². The normalized spacial score (nSPS) is 45.7. The predicted octanol–water partition coefficient (Wildman–Crippen LogP) is 5.49. The molecule has 0 aliphatic heterocycles. The van der Waals surface area contributed by atoms with Gasteiger partial charge in [0.25, 0.3) is 5.91 Å². The Morgan fingerprint density at radius 3 is 2.38 bits per heavy atom. The van der Waals surface area contributed by atoms with Gasteiger partial charge in [-0.05, 0) is 80.3 Å². The summed E-state index contributed by atoms with van der Waals surface area (Å²) in [5, 5.41) is 29.9. The summed E-state index contributed by atoms with van der Waals surface area (Å²) in [6, 6.07) is 3.67. The molecule has 0 aromatic carbocycles. The Bertz CT molecular complexity index is 1500. The van der Waals surface area contributed by atoms with Gasteiger partial charge < -0.3 is 14.9 Å². The Hall–Kier alpha value is -3.05. The second-order valence-corrected chi connectivity index (χ2v) is 15.8. The van der Waals surface area contributed by atoms with Crippen LogP contribution in [0, 0.1) is 50.2 Å². The number of hydrogen-bond acceptors (Lipinski definition) is 7. The fourth-order valence-corrected chi connectivity index (χ4v) is 10.5. The van der Waals surface area contributed by atoms with Crippen molar-refractivity contribution in [1.29, 1.82) is 5.26 Å². The van der Waals surface area contributed by atoms with Crippen LogP contribution in [0.1, 0.15) is 104 Å². The molecule has 3 saturated carbocycles. The van der Waals surface area contributed by atoms with Crippen LogP contribution in [-0.2, 0) is 9.59 Å². The van der Waals surface area contributed by atoms with Crippen molar-refractivity contribution in [1.82, 2.24) is 10.5 Å². The van der Waals surface area contributed by atoms with E-state index in [9.17, 15) is 24.8 Å². The number of nitrogens with one attached hydrogen (secondary N) is 1. The first-order chi connectivity index (χ1) is 19.4. The van der Waals surface area contributed by atoms with Crippen molar-refractivity contribution in [3.8, 4) is 6.07 Å². The number of rotatable bonds is 2. The summed E-state index contributed by atoms with van der Waals surface area (Å²) >= 11 is 0. The number of nitriles is 1. The summed E-state index contributed by atoms with van der Waals surface area (Å²) in [7, 11) is 0. The molecule has 1 aromatic rings. The zero-order valence-electron chi connectivity index (χ0n) is 25.9.